The first-order chi connectivity index (χ1) is 9.06. The molecule has 1 unspecified atom stereocenters. The summed E-state index contributed by atoms with van der Waals surface area (Å²) in [4.78, 5) is 24.2. The molecule has 1 aliphatic carbocycles. The maximum absolute atomic E-state index is 11.2. The van der Waals surface area contributed by atoms with Crippen molar-refractivity contribution in [2.45, 2.75) is 38.4 Å². The third-order valence-electron chi connectivity index (χ3n) is 3.09. The predicted octanol–water partition coefficient (Wildman–Crippen LogP) is 0.833. The Morgan fingerprint density at radius 1 is 1.58 bits per heavy atom. The molecule has 1 atom stereocenters. The Kier molecular flexibility index (Phi) is 4.21. The van der Waals surface area contributed by atoms with Crippen LogP contribution in [0.5, 0.6) is 0 Å². The molecule has 6 nitrogen and oxygen atoms in total. The average Bonchev–Trinajstić information content (AvgIpc) is 3.05. The van der Waals surface area contributed by atoms with E-state index in [1.165, 1.54) is 6.92 Å². The van der Waals surface area contributed by atoms with Gasteiger partial charge >= 0.3 is 5.97 Å². The number of carbonyl (C=O) groups excluding carboxylic acids is 1. The second kappa shape index (κ2) is 5.88. The molecule has 1 aromatic heterocycles. The normalized spacial score (nSPS) is 16.3. The number of amides is 1. The first kappa shape index (κ1) is 13.6. The smallest absolute Gasteiger partial charge is 0.327 e. The molecule has 0 aliphatic heterocycles. The molecular formula is C13H18N2O4. The van der Waals surface area contributed by atoms with Crippen LogP contribution in [-0.2, 0) is 16.1 Å². The van der Waals surface area contributed by atoms with E-state index in [9.17, 15) is 9.59 Å². The topological polar surface area (TPSA) is 82.8 Å². The van der Waals surface area contributed by atoms with Crippen LogP contribution >= 0.6 is 0 Å². The van der Waals surface area contributed by atoms with Crippen LogP contribution < -0.4 is 5.32 Å². The zero-order chi connectivity index (χ0) is 13.8. The second-order valence-corrected chi connectivity index (χ2v) is 4.83. The van der Waals surface area contributed by atoms with E-state index in [-0.39, 0.29) is 5.91 Å². The summed E-state index contributed by atoms with van der Waals surface area (Å²) in [6.45, 7) is 2.19. The van der Waals surface area contributed by atoms with Gasteiger partial charge in [-0.15, -0.1) is 0 Å². The SMILES string of the molecule is CC(=O)NC(CN(Cc1ccco1)C1CC1)C(=O)O. The first-order valence-corrected chi connectivity index (χ1v) is 6.32. The molecule has 0 radical (unpaired) electrons. The number of carboxylic acids is 1. The summed E-state index contributed by atoms with van der Waals surface area (Å²) in [5.41, 5.74) is 0. The highest BCUT2D eigenvalue weighted by Crippen LogP contribution is 2.28. The Hall–Kier alpha value is -1.82. The highest BCUT2D eigenvalue weighted by atomic mass is 16.4. The third kappa shape index (κ3) is 4.10. The van der Waals surface area contributed by atoms with Crippen LogP contribution in [-0.4, -0.2) is 40.5 Å². The van der Waals surface area contributed by atoms with Crippen LogP contribution in [0.1, 0.15) is 25.5 Å². The second-order valence-electron chi connectivity index (χ2n) is 4.83. The molecule has 104 valence electrons. The van der Waals surface area contributed by atoms with E-state index in [0.29, 0.717) is 19.1 Å². The van der Waals surface area contributed by atoms with Crippen molar-refractivity contribution in [1.29, 1.82) is 0 Å². The molecule has 2 rings (SSSR count). The lowest BCUT2D eigenvalue weighted by atomic mass is 10.2. The molecule has 2 N–H and O–H groups in total. The molecule has 1 aromatic rings. The van der Waals surface area contributed by atoms with Crippen molar-refractivity contribution in [2.24, 2.45) is 0 Å². The van der Waals surface area contributed by atoms with E-state index in [2.05, 4.69) is 5.32 Å². The van der Waals surface area contributed by atoms with Crippen molar-refractivity contribution >= 4 is 11.9 Å². The summed E-state index contributed by atoms with van der Waals surface area (Å²) in [5.74, 6) is -0.541. The number of aliphatic carboxylic acids is 1. The van der Waals surface area contributed by atoms with Gasteiger partial charge in [-0.05, 0) is 25.0 Å². The van der Waals surface area contributed by atoms with E-state index in [0.717, 1.165) is 18.6 Å². The van der Waals surface area contributed by atoms with E-state index in [1.54, 1.807) is 6.26 Å². The van der Waals surface area contributed by atoms with Crippen LogP contribution in [0.25, 0.3) is 0 Å². The summed E-state index contributed by atoms with van der Waals surface area (Å²) in [6.07, 6.45) is 3.73. The molecule has 0 spiro atoms. The van der Waals surface area contributed by atoms with Gasteiger partial charge in [0.1, 0.15) is 11.8 Å². The Labute approximate surface area is 111 Å². The molecule has 0 bridgehead atoms. The number of carbonyl (C=O) groups is 2. The van der Waals surface area contributed by atoms with Gasteiger partial charge < -0.3 is 14.8 Å². The van der Waals surface area contributed by atoms with Crippen molar-refractivity contribution in [3.8, 4) is 0 Å². The monoisotopic (exact) mass is 266 g/mol. The summed E-state index contributed by atoms with van der Waals surface area (Å²) >= 11 is 0. The number of hydrogen-bond acceptors (Lipinski definition) is 4. The van der Waals surface area contributed by atoms with Crippen molar-refractivity contribution in [2.75, 3.05) is 6.54 Å². The Morgan fingerprint density at radius 2 is 2.32 bits per heavy atom. The number of furan rings is 1. The van der Waals surface area contributed by atoms with Gasteiger partial charge in [0.25, 0.3) is 0 Å². The van der Waals surface area contributed by atoms with Crippen molar-refractivity contribution < 1.29 is 19.1 Å². The van der Waals surface area contributed by atoms with E-state index in [1.807, 2.05) is 17.0 Å². The number of nitrogens with zero attached hydrogens (tertiary/aromatic N) is 1. The van der Waals surface area contributed by atoms with Crippen LogP contribution in [0.4, 0.5) is 0 Å². The quantitative estimate of drug-likeness (QED) is 0.764. The number of hydrogen-bond donors (Lipinski definition) is 2. The lowest BCUT2D eigenvalue weighted by Crippen LogP contribution is -2.48. The third-order valence-corrected chi connectivity index (χ3v) is 3.09. The lowest BCUT2D eigenvalue weighted by Gasteiger charge is -2.24. The Bertz CT molecular complexity index is 440. The van der Waals surface area contributed by atoms with Crippen LogP contribution in [0, 0.1) is 0 Å². The molecule has 0 saturated heterocycles. The molecule has 0 aromatic carbocycles. The maximum atomic E-state index is 11.2. The Morgan fingerprint density at radius 3 is 2.79 bits per heavy atom. The van der Waals surface area contributed by atoms with Crippen LogP contribution in [0.2, 0.25) is 0 Å². The highest BCUT2D eigenvalue weighted by Gasteiger charge is 2.33. The van der Waals surface area contributed by atoms with Crippen molar-refractivity contribution in [1.82, 2.24) is 10.2 Å². The average molecular weight is 266 g/mol. The minimum absolute atomic E-state index is 0.292. The molecular weight excluding hydrogens is 248 g/mol. The van der Waals surface area contributed by atoms with Gasteiger partial charge in [-0.25, -0.2) is 4.79 Å². The van der Waals surface area contributed by atoms with Gasteiger partial charge in [0.2, 0.25) is 5.91 Å². The zero-order valence-electron chi connectivity index (χ0n) is 10.8. The molecule has 6 heteroatoms. The largest absolute Gasteiger partial charge is 0.480 e. The summed E-state index contributed by atoms with van der Waals surface area (Å²) in [5, 5.41) is 11.6. The molecule has 1 amide bonds. The van der Waals surface area contributed by atoms with Gasteiger partial charge in [-0.3, -0.25) is 9.69 Å². The van der Waals surface area contributed by atoms with Gasteiger partial charge in [0.15, 0.2) is 0 Å². The number of carboxylic acid groups (broad SMARTS) is 1. The number of nitrogens with one attached hydrogen (secondary N) is 1. The minimum Gasteiger partial charge on any atom is -0.480 e. The van der Waals surface area contributed by atoms with Gasteiger partial charge in [0, 0.05) is 19.5 Å². The standard InChI is InChI=1S/C13H18N2O4/c1-9(16)14-12(13(17)18)8-15(10-4-5-10)7-11-3-2-6-19-11/h2-3,6,10,12H,4-5,7-8H2,1H3,(H,14,16)(H,17,18). The predicted molar refractivity (Wildman–Crippen MR) is 67.4 cm³/mol. The Balaban J connectivity index is 1.98. The van der Waals surface area contributed by atoms with Crippen LogP contribution in [0.3, 0.4) is 0 Å². The summed E-state index contributed by atoms with van der Waals surface area (Å²) in [7, 11) is 0. The highest BCUT2D eigenvalue weighted by molar-refractivity contribution is 5.82. The van der Waals surface area contributed by atoms with Crippen molar-refractivity contribution in [3.05, 3.63) is 24.2 Å². The van der Waals surface area contributed by atoms with Crippen molar-refractivity contribution in [3.63, 3.8) is 0 Å². The molecule has 1 fully saturated rings. The first-order valence-electron chi connectivity index (χ1n) is 6.32. The molecule has 1 heterocycles. The fourth-order valence-electron chi connectivity index (χ4n) is 2.05. The van der Waals surface area contributed by atoms with E-state index < -0.39 is 12.0 Å². The zero-order valence-corrected chi connectivity index (χ0v) is 10.8. The lowest BCUT2D eigenvalue weighted by molar-refractivity contribution is -0.142. The van der Waals surface area contributed by atoms with Crippen LogP contribution in [0.15, 0.2) is 22.8 Å². The summed E-state index contributed by atoms with van der Waals surface area (Å²) < 4.78 is 5.29. The maximum Gasteiger partial charge on any atom is 0.327 e. The van der Waals surface area contributed by atoms with Gasteiger partial charge in [0.05, 0.1) is 12.8 Å². The minimum atomic E-state index is -1.01. The summed E-state index contributed by atoms with van der Waals surface area (Å²) in [6, 6.07) is 3.18. The van der Waals surface area contributed by atoms with Gasteiger partial charge in [-0.2, -0.15) is 0 Å². The van der Waals surface area contributed by atoms with Gasteiger partial charge in [-0.1, -0.05) is 0 Å². The molecule has 19 heavy (non-hydrogen) atoms. The molecule has 1 saturated carbocycles. The van der Waals surface area contributed by atoms with E-state index >= 15 is 0 Å². The molecule has 1 aliphatic rings. The van der Waals surface area contributed by atoms with E-state index in [4.69, 9.17) is 9.52 Å². The number of rotatable bonds is 7. The fourth-order valence-corrected chi connectivity index (χ4v) is 2.05. The fraction of sp³-hybridized carbons (Fsp3) is 0.538.